The number of imidazole rings is 1. The van der Waals surface area contributed by atoms with Crippen LogP contribution in [-0.4, -0.2) is 21.4 Å². The number of para-hydroxylation sites is 2. The standard InChI is InChI=1S/C18H18N4O2/c1-12-19-16-8-3-4-9-17(16)22(12)11-18(24)21-15-7-5-6-14(10-15)20-13(2)23/h3-10H,11H2,1-2H3,(H,20,23)(H,21,24). The molecule has 0 aliphatic heterocycles. The third kappa shape index (κ3) is 3.43. The number of rotatable bonds is 4. The van der Waals surface area contributed by atoms with Crippen molar-refractivity contribution in [1.29, 1.82) is 0 Å². The maximum absolute atomic E-state index is 12.4. The fraction of sp³-hybridized carbons (Fsp3) is 0.167. The zero-order valence-corrected chi connectivity index (χ0v) is 13.5. The van der Waals surface area contributed by atoms with Gasteiger partial charge in [0.25, 0.3) is 0 Å². The Bertz CT molecular complexity index is 914. The number of amides is 2. The molecular weight excluding hydrogens is 304 g/mol. The van der Waals surface area contributed by atoms with Crippen molar-refractivity contribution in [2.24, 2.45) is 0 Å². The number of hydrogen-bond donors (Lipinski definition) is 2. The molecule has 2 N–H and O–H groups in total. The monoisotopic (exact) mass is 322 g/mol. The van der Waals surface area contributed by atoms with Crippen LogP contribution in [0.4, 0.5) is 11.4 Å². The fourth-order valence-corrected chi connectivity index (χ4v) is 2.62. The van der Waals surface area contributed by atoms with Gasteiger partial charge >= 0.3 is 0 Å². The minimum Gasteiger partial charge on any atom is -0.326 e. The quantitative estimate of drug-likeness (QED) is 0.775. The molecule has 1 aromatic heterocycles. The van der Waals surface area contributed by atoms with Crippen molar-refractivity contribution >= 4 is 34.2 Å². The second kappa shape index (κ2) is 6.54. The van der Waals surface area contributed by atoms with Crippen molar-refractivity contribution in [1.82, 2.24) is 9.55 Å². The topological polar surface area (TPSA) is 76.0 Å². The Morgan fingerprint density at radius 3 is 2.50 bits per heavy atom. The Morgan fingerprint density at radius 2 is 1.75 bits per heavy atom. The summed E-state index contributed by atoms with van der Waals surface area (Å²) in [5.41, 5.74) is 3.07. The molecule has 0 aliphatic carbocycles. The molecule has 0 atom stereocenters. The highest BCUT2D eigenvalue weighted by Crippen LogP contribution is 2.17. The summed E-state index contributed by atoms with van der Waals surface area (Å²) < 4.78 is 1.88. The van der Waals surface area contributed by atoms with Crippen molar-refractivity contribution in [2.45, 2.75) is 20.4 Å². The van der Waals surface area contributed by atoms with Gasteiger partial charge in [-0.25, -0.2) is 4.98 Å². The molecule has 0 aliphatic rings. The first-order chi connectivity index (χ1) is 11.5. The van der Waals surface area contributed by atoms with Crippen LogP contribution in [0.3, 0.4) is 0 Å². The predicted octanol–water partition coefficient (Wildman–Crippen LogP) is 2.94. The van der Waals surface area contributed by atoms with Crippen LogP contribution < -0.4 is 10.6 Å². The van der Waals surface area contributed by atoms with Gasteiger partial charge in [0, 0.05) is 18.3 Å². The van der Waals surface area contributed by atoms with E-state index in [4.69, 9.17) is 0 Å². The Hall–Kier alpha value is -3.15. The van der Waals surface area contributed by atoms with E-state index in [2.05, 4.69) is 15.6 Å². The predicted molar refractivity (Wildman–Crippen MR) is 93.8 cm³/mol. The normalized spacial score (nSPS) is 10.6. The van der Waals surface area contributed by atoms with Crippen LogP contribution in [0.1, 0.15) is 12.7 Å². The van der Waals surface area contributed by atoms with Gasteiger partial charge in [0.1, 0.15) is 12.4 Å². The largest absolute Gasteiger partial charge is 0.326 e. The number of hydrogen-bond acceptors (Lipinski definition) is 3. The molecule has 0 radical (unpaired) electrons. The summed E-state index contributed by atoms with van der Waals surface area (Å²) >= 11 is 0. The molecule has 0 fully saturated rings. The van der Waals surface area contributed by atoms with E-state index in [1.165, 1.54) is 6.92 Å². The number of anilines is 2. The molecule has 1 heterocycles. The third-order valence-corrected chi connectivity index (χ3v) is 3.61. The summed E-state index contributed by atoms with van der Waals surface area (Å²) in [5, 5.41) is 5.54. The van der Waals surface area contributed by atoms with Gasteiger partial charge in [0.05, 0.1) is 11.0 Å². The third-order valence-electron chi connectivity index (χ3n) is 3.61. The number of carbonyl (C=O) groups is 2. The van der Waals surface area contributed by atoms with Crippen molar-refractivity contribution < 1.29 is 9.59 Å². The van der Waals surface area contributed by atoms with E-state index >= 15 is 0 Å². The zero-order valence-electron chi connectivity index (χ0n) is 13.5. The van der Waals surface area contributed by atoms with E-state index in [9.17, 15) is 9.59 Å². The van der Waals surface area contributed by atoms with E-state index in [0.717, 1.165) is 16.9 Å². The van der Waals surface area contributed by atoms with Gasteiger partial charge in [-0.3, -0.25) is 9.59 Å². The summed E-state index contributed by atoms with van der Waals surface area (Å²) in [6.45, 7) is 3.50. The van der Waals surface area contributed by atoms with Crippen molar-refractivity contribution in [2.75, 3.05) is 10.6 Å². The Balaban J connectivity index is 1.76. The first kappa shape index (κ1) is 15.7. The lowest BCUT2D eigenvalue weighted by Crippen LogP contribution is -2.19. The summed E-state index contributed by atoms with van der Waals surface area (Å²) in [6.07, 6.45) is 0. The Labute approximate surface area is 139 Å². The molecule has 0 saturated heterocycles. The molecule has 0 saturated carbocycles. The Kier molecular flexibility index (Phi) is 4.29. The minimum atomic E-state index is -0.154. The van der Waals surface area contributed by atoms with Crippen LogP contribution in [0.5, 0.6) is 0 Å². The zero-order chi connectivity index (χ0) is 17.1. The number of aryl methyl sites for hydroxylation is 1. The van der Waals surface area contributed by atoms with Crippen LogP contribution in [0.15, 0.2) is 48.5 Å². The van der Waals surface area contributed by atoms with Crippen LogP contribution in [0.2, 0.25) is 0 Å². The van der Waals surface area contributed by atoms with Gasteiger partial charge in [-0.15, -0.1) is 0 Å². The molecule has 24 heavy (non-hydrogen) atoms. The van der Waals surface area contributed by atoms with Crippen LogP contribution in [0, 0.1) is 6.92 Å². The number of carbonyl (C=O) groups excluding carboxylic acids is 2. The van der Waals surface area contributed by atoms with Gasteiger partial charge in [0.15, 0.2) is 0 Å². The minimum absolute atomic E-state index is 0.152. The molecule has 6 nitrogen and oxygen atoms in total. The first-order valence-electron chi connectivity index (χ1n) is 7.62. The second-order valence-corrected chi connectivity index (χ2v) is 5.54. The summed E-state index contributed by atoms with van der Waals surface area (Å²) in [4.78, 5) is 27.9. The average Bonchev–Trinajstić information content (AvgIpc) is 2.83. The van der Waals surface area contributed by atoms with E-state index < -0.39 is 0 Å². The number of fused-ring (bicyclic) bond motifs is 1. The number of nitrogens with zero attached hydrogens (tertiary/aromatic N) is 2. The molecule has 3 rings (SSSR count). The molecule has 0 spiro atoms. The van der Waals surface area contributed by atoms with Gasteiger partial charge in [-0.1, -0.05) is 18.2 Å². The van der Waals surface area contributed by atoms with E-state index in [1.54, 1.807) is 24.3 Å². The molecule has 0 unspecified atom stereocenters. The average molecular weight is 322 g/mol. The summed E-state index contributed by atoms with van der Waals surface area (Å²) in [6, 6.07) is 14.8. The van der Waals surface area contributed by atoms with Crippen LogP contribution in [-0.2, 0) is 16.1 Å². The van der Waals surface area contributed by atoms with Crippen molar-refractivity contribution in [3.63, 3.8) is 0 Å². The number of nitrogens with one attached hydrogen (secondary N) is 2. The van der Waals surface area contributed by atoms with Crippen LogP contribution >= 0.6 is 0 Å². The summed E-state index contributed by atoms with van der Waals surface area (Å²) in [7, 11) is 0. The van der Waals surface area contributed by atoms with E-state index in [1.807, 2.05) is 35.8 Å². The van der Waals surface area contributed by atoms with Gasteiger partial charge in [0.2, 0.25) is 11.8 Å². The van der Waals surface area contributed by atoms with Gasteiger partial charge in [-0.2, -0.15) is 0 Å². The van der Waals surface area contributed by atoms with Crippen molar-refractivity contribution in [3.05, 3.63) is 54.4 Å². The maximum Gasteiger partial charge on any atom is 0.244 e. The Morgan fingerprint density at radius 1 is 1.04 bits per heavy atom. The molecular formula is C18H18N4O2. The van der Waals surface area contributed by atoms with E-state index in [-0.39, 0.29) is 18.4 Å². The summed E-state index contributed by atoms with van der Waals surface area (Å²) in [5.74, 6) is 0.485. The van der Waals surface area contributed by atoms with Gasteiger partial charge in [-0.05, 0) is 37.3 Å². The lowest BCUT2D eigenvalue weighted by molar-refractivity contribution is -0.116. The number of benzene rings is 2. The lowest BCUT2D eigenvalue weighted by Gasteiger charge is -2.10. The van der Waals surface area contributed by atoms with E-state index in [0.29, 0.717) is 11.4 Å². The molecule has 2 aromatic carbocycles. The highest BCUT2D eigenvalue weighted by atomic mass is 16.2. The van der Waals surface area contributed by atoms with Crippen LogP contribution in [0.25, 0.3) is 11.0 Å². The SMILES string of the molecule is CC(=O)Nc1cccc(NC(=O)Cn2c(C)nc3ccccc32)c1. The lowest BCUT2D eigenvalue weighted by atomic mass is 10.2. The molecule has 0 bridgehead atoms. The highest BCUT2D eigenvalue weighted by Gasteiger charge is 2.11. The molecule has 6 heteroatoms. The first-order valence-corrected chi connectivity index (χ1v) is 7.62. The second-order valence-electron chi connectivity index (χ2n) is 5.54. The fourth-order valence-electron chi connectivity index (χ4n) is 2.62. The van der Waals surface area contributed by atoms with Crippen molar-refractivity contribution in [3.8, 4) is 0 Å². The van der Waals surface area contributed by atoms with Gasteiger partial charge < -0.3 is 15.2 Å². The highest BCUT2D eigenvalue weighted by molar-refractivity contribution is 5.94. The molecule has 122 valence electrons. The maximum atomic E-state index is 12.4. The molecule has 2 amide bonds. The smallest absolute Gasteiger partial charge is 0.244 e. The number of aromatic nitrogens is 2. The molecule has 3 aromatic rings.